The number of nitrogens with one attached hydrogen (secondary N) is 2. The molecule has 0 spiro atoms. The van der Waals surface area contributed by atoms with Gasteiger partial charge in [-0.3, -0.25) is 4.98 Å². The van der Waals surface area contributed by atoms with Crippen LogP contribution in [0.1, 0.15) is 25.5 Å². The van der Waals surface area contributed by atoms with Gasteiger partial charge in [0.15, 0.2) is 0 Å². The smallest absolute Gasteiger partial charge is 0.315 e. The van der Waals surface area contributed by atoms with Crippen LogP contribution in [0.2, 0.25) is 0 Å². The minimum Gasteiger partial charge on any atom is -0.337 e. The van der Waals surface area contributed by atoms with Gasteiger partial charge in [-0.2, -0.15) is 11.8 Å². The highest BCUT2D eigenvalue weighted by Gasteiger charge is 2.29. The molecule has 0 saturated carbocycles. The monoisotopic (exact) mass is 344 g/mol. The summed E-state index contributed by atoms with van der Waals surface area (Å²) in [6.45, 7) is 3.29. The lowest BCUT2D eigenvalue weighted by molar-refractivity contribution is 0.239. The normalized spacial score (nSPS) is 22.2. The first kappa shape index (κ1) is 14.6. The highest BCUT2D eigenvalue weighted by Crippen LogP contribution is 2.36. The zero-order valence-electron chi connectivity index (χ0n) is 10.8. The molecule has 2 N–H and O–H groups in total. The van der Waals surface area contributed by atoms with Crippen molar-refractivity contribution in [2.75, 3.05) is 12.3 Å². The van der Waals surface area contributed by atoms with E-state index in [0.29, 0.717) is 17.7 Å². The number of nitrogens with zero attached hydrogens (tertiary/aromatic N) is 2. The van der Waals surface area contributed by atoms with E-state index >= 15 is 0 Å². The van der Waals surface area contributed by atoms with Gasteiger partial charge in [0.05, 0.1) is 24.6 Å². The number of carbonyl (C=O) groups is 1. The number of amides is 2. The summed E-state index contributed by atoms with van der Waals surface area (Å²) < 4.78 is 0.876. The Balaban J connectivity index is 1.71. The number of urea groups is 1. The highest BCUT2D eigenvalue weighted by molar-refractivity contribution is 9.10. The van der Waals surface area contributed by atoms with Crippen molar-refractivity contribution in [1.82, 2.24) is 20.6 Å². The number of hydrogen-bond donors (Lipinski definition) is 2. The molecule has 19 heavy (non-hydrogen) atoms. The Kier molecular flexibility index (Phi) is 5.04. The van der Waals surface area contributed by atoms with Crippen molar-refractivity contribution < 1.29 is 4.79 Å². The van der Waals surface area contributed by atoms with Gasteiger partial charge in [0.2, 0.25) is 0 Å². The molecular weight excluding hydrogens is 328 g/mol. The van der Waals surface area contributed by atoms with Crippen molar-refractivity contribution in [1.29, 1.82) is 0 Å². The van der Waals surface area contributed by atoms with Crippen LogP contribution in [0.4, 0.5) is 4.79 Å². The molecule has 1 fully saturated rings. The lowest BCUT2D eigenvalue weighted by atomic mass is 10.1. The molecule has 0 radical (unpaired) electrons. The number of aromatic nitrogens is 2. The van der Waals surface area contributed by atoms with Crippen LogP contribution in [0.15, 0.2) is 17.0 Å². The minimum absolute atomic E-state index is 0.154. The first-order chi connectivity index (χ1) is 9.07. The molecule has 0 bridgehead atoms. The second-order valence-corrected chi connectivity index (χ2v) is 7.26. The largest absolute Gasteiger partial charge is 0.337 e. The van der Waals surface area contributed by atoms with Crippen molar-refractivity contribution >= 4 is 33.7 Å². The van der Waals surface area contributed by atoms with Crippen LogP contribution in [0.5, 0.6) is 0 Å². The highest BCUT2D eigenvalue weighted by atomic mass is 79.9. The maximum atomic E-state index is 11.7. The van der Waals surface area contributed by atoms with E-state index in [1.54, 1.807) is 12.4 Å². The van der Waals surface area contributed by atoms with Crippen LogP contribution in [0.25, 0.3) is 0 Å². The Morgan fingerprint density at radius 3 is 2.95 bits per heavy atom. The molecule has 2 heterocycles. The summed E-state index contributed by atoms with van der Waals surface area (Å²) in [5.74, 6) is 1.19. The van der Waals surface area contributed by atoms with Crippen LogP contribution >= 0.6 is 27.7 Å². The number of hydrogen-bond acceptors (Lipinski definition) is 4. The van der Waals surface area contributed by atoms with Gasteiger partial charge in [-0.05, 0) is 41.4 Å². The second kappa shape index (κ2) is 6.56. The van der Waals surface area contributed by atoms with E-state index in [0.717, 1.165) is 12.1 Å². The second-order valence-electron chi connectivity index (χ2n) is 4.77. The summed E-state index contributed by atoms with van der Waals surface area (Å²) in [5, 5.41) is 5.70. The van der Waals surface area contributed by atoms with Crippen LogP contribution < -0.4 is 10.6 Å². The Labute approximate surface area is 125 Å². The number of carbonyl (C=O) groups excluding carboxylic acids is 1. The van der Waals surface area contributed by atoms with E-state index in [-0.39, 0.29) is 10.8 Å². The fourth-order valence-corrected chi connectivity index (χ4v) is 3.36. The molecule has 7 heteroatoms. The molecule has 104 valence electrons. The number of rotatable bonds is 4. The molecule has 1 aromatic heterocycles. The number of thioether (sulfide) groups is 1. The third kappa shape index (κ3) is 4.65. The third-order valence-electron chi connectivity index (χ3n) is 3.03. The molecule has 2 rings (SSSR count). The molecule has 5 nitrogen and oxygen atoms in total. The van der Waals surface area contributed by atoms with Gasteiger partial charge in [0, 0.05) is 11.3 Å². The number of halogens is 1. The predicted molar refractivity (Wildman–Crippen MR) is 80.1 cm³/mol. The van der Waals surface area contributed by atoms with Gasteiger partial charge in [0.25, 0.3) is 0 Å². The molecule has 1 unspecified atom stereocenters. The van der Waals surface area contributed by atoms with Crippen molar-refractivity contribution in [2.45, 2.75) is 31.1 Å². The Morgan fingerprint density at radius 2 is 2.32 bits per heavy atom. The summed E-state index contributed by atoms with van der Waals surface area (Å²) in [4.78, 5) is 19.9. The lowest BCUT2D eigenvalue weighted by Crippen LogP contribution is -2.42. The topological polar surface area (TPSA) is 66.9 Å². The average molecular weight is 345 g/mol. The first-order valence-corrected chi connectivity index (χ1v) is 7.97. The van der Waals surface area contributed by atoms with Crippen molar-refractivity contribution in [3.05, 3.63) is 22.7 Å². The maximum absolute atomic E-state index is 11.7. The molecule has 2 amide bonds. The van der Waals surface area contributed by atoms with Gasteiger partial charge in [-0.1, -0.05) is 0 Å². The van der Waals surface area contributed by atoms with Crippen molar-refractivity contribution in [3.8, 4) is 0 Å². The van der Waals surface area contributed by atoms with Crippen molar-refractivity contribution in [2.24, 2.45) is 0 Å². The standard InChI is InChI=1S/C12H17BrN4OS/c1-12(3-2-4-19-12)8-17-11(18)16-6-9-5-15-10(13)7-14-9/h5,7H,2-4,6,8H2,1H3,(H2,16,17,18). The van der Waals surface area contributed by atoms with E-state index in [1.807, 2.05) is 11.8 Å². The summed E-state index contributed by atoms with van der Waals surface area (Å²) in [5.41, 5.74) is 0.736. The summed E-state index contributed by atoms with van der Waals surface area (Å²) >= 11 is 5.15. The van der Waals surface area contributed by atoms with Crippen LogP contribution in [0.3, 0.4) is 0 Å². The molecule has 1 aliphatic heterocycles. The Bertz CT molecular complexity index is 434. The molecular formula is C12H17BrN4OS. The van der Waals surface area contributed by atoms with Gasteiger partial charge in [-0.25, -0.2) is 9.78 Å². The SMILES string of the molecule is CC1(CNC(=O)NCc2cnc(Br)cn2)CCCS1. The molecule has 1 aromatic rings. The molecule has 1 saturated heterocycles. The van der Waals surface area contributed by atoms with E-state index < -0.39 is 0 Å². The fourth-order valence-electron chi connectivity index (χ4n) is 1.91. The zero-order chi connectivity index (χ0) is 13.7. The van der Waals surface area contributed by atoms with E-state index in [1.165, 1.54) is 12.2 Å². The Hall–Kier alpha value is -0.820. The molecule has 0 aliphatic carbocycles. The summed E-state index contributed by atoms with van der Waals surface area (Å²) in [7, 11) is 0. The van der Waals surface area contributed by atoms with E-state index in [4.69, 9.17) is 0 Å². The van der Waals surface area contributed by atoms with Crippen LogP contribution in [-0.2, 0) is 6.54 Å². The third-order valence-corrected chi connectivity index (χ3v) is 4.97. The summed E-state index contributed by atoms with van der Waals surface area (Å²) in [6.07, 6.45) is 5.65. The lowest BCUT2D eigenvalue weighted by Gasteiger charge is -2.22. The quantitative estimate of drug-likeness (QED) is 0.879. The van der Waals surface area contributed by atoms with Gasteiger partial charge in [0.1, 0.15) is 4.60 Å². The zero-order valence-corrected chi connectivity index (χ0v) is 13.2. The fraction of sp³-hybridized carbons (Fsp3) is 0.583. The molecule has 1 atom stereocenters. The van der Waals surface area contributed by atoms with Gasteiger partial charge in [-0.15, -0.1) is 0 Å². The Morgan fingerprint density at radius 1 is 1.47 bits per heavy atom. The van der Waals surface area contributed by atoms with E-state index in [9.17, 15) is 4.79 Å². The summed E-state index contributed by atoms with van der Waals surface area (Å²) in [6, 6.07) is -0.154. The van der Waals surface area contributed by atoms with E-state index in [2.05, 4.69) is 43.5 Å². The van der Waals surface area contributed by atoms with Gasteiger partial charge < -0.3 is 10.6 Å². The van der Waals surface area contributed by atoms with Crippen LogP contribution in [0, 0.1) is 0 Å². The van der Waals surface area contributed by atoms with Gasteiger partial charge >= 0.3 is 6.03 Å². The maximum Gasteiger partial charge on any atom is 0.315 e. The molecule has 0 aromatic carbocycles. The van der Waals surface area contributed by atoms with Crippen LogP contribution in [-0.4, -0.2) is 33.0 Å². The molecule has 1 aliphatic rings. The minimum atomic E-state index is -0.154. The predicted octanol–water partition coefficient (Wildman–Crippen LogP) is 2.32. The van der Waals surface area contributed by atoms with Crippen molar-refractivity contribution in [3.63, 3.8) is 0 Å². The first-order valence-electron chi connectivity index (χ1n) is 6.19. The average Bonchev–Trinajstić information content (AvgIpc) is 2.83.